The van der Waals surface area contributed by atoms with Gasteiger partial charge in [0.05, 0.1) is 0 Å². The van der Waals surface area contributed by atoms with Crippen molar-refractivity contribution in [3.8, 4) is 11.1 Å². The van der Waals surface area contributed by atoms with E-state index in [9.17, 15) is 0 Å². The predicted octanol–water partition coefficient (Wildman–Crippen LogP) is 7.01. The Kier molecular flexibility index (Phi) is 5.58. The molecule has 0 amide bonds. The molecular formula is C30H25B. The third kappa shape index (κ3) is 4.42. The van der Waals surface area contributed by atoms with Crippen LogP contribution in [0, 0.1) is 0 Å². The van der Waals surface area contributed by atoms with Crippen LogP contribution in [0.5, 0.6) is 0 Å². The van der Waals surface area contributed by atoms with Crippen LogP contribution in [0.3, 0.4) is 0 Å². The molecular weight excluding hydrogens is 371 g/mol. The molecule has 0 aliphatic heterocycles. The average Bonchev–Trinajstić information content (AvgIpc) is 2.85. The molecule has 1 unspecified atom stereocenters. The number of hydrogen-bond donors (Lipinski definition) is 0. The van der Waals surface area contributed by atoms with E-state index in [1.807, 2.05) is 12.1 Å². The van der Waals surface area contributed by atoms with Crippen molar-refractivity contribution in [1.29, 1.82) is 0 Å². The molecule has 0 saturated heterocycles. The van der Waals surface area contributed by atoms with Crippen molar-refractivity contribution < 1.29 is 0 Å². The predicted molar refractivity (Wildman–Crippen MR) is 135 cm³/mol. The van der Waals surface area contributed by atoms with E-state index in [-0.39, 0.29) is 0 Å². The quantitative estimate of drug-likeness (QED) is 0.416. The molecule has 2 radical (unpaired) electrons. The Balaban J connectivity index is 1.54. The lowest BCUT2D eigenvalue weighted by molar-refractivity contribution is 0.867. The van der Waals surface area contributed by atoms with Gasteiger partial charge in [-0.2, -0.15) is 0 Å². The van der Waals surface area contributed by atoms with Crippen LogP contribution in [0.4, 0.5) is 0 Å². The highest BCUT2D eigenvalue weighted by Crippen LogP contribution is 2.37. The molecule has 0 aromatic heterocycles. The van der Waals surface area contributed by atoms with Crippen molar-refractivity contribution in [2.45, 2.75) is 25.2 Å². The monoisotopic (exact) mass is 396 g/mol. The highest BCUT2D eigenvalue weighted by atomic mass is 14.2. The maximum atomic E-state index is 6.04. The van der Waals surface area contributed by atoms with Crippen molar-refractivity contribution in [2.24, 2.45) is 0 Å². The average molecular weight is 396 g/mol. The van der Waals surface area contributed by atoms with Crippen molar-refractivity contribution in [3.05, 3.63) is 126 Å². The number of allylic oxidation sites excluding steroid dienone is 8. The van der Waals surface area contributed by atoms with E-state index in [4.69, 9.17) is 7.85 Å². The van der Waals surface area contributed by atoms with Crippen molar-refractivity contribution in [3.63, 3.8) is 0 Å². The van der Waals surface area contributed by atoms with Gasteiger partial charge in [0.1, 0.15) is 7.85 Å². The Labute approximate surface area is 186 Å². The smallest absolute Gasteiger partial charge is 0.0961 e. The first-order chi connectivity index (χ1) is 15.3. The molecule has 0 fully saturated rings. The van der Waals surface area contributed by atoms with Gasteiger partial charge in [-0.15, -0.1) is 0 Å². The van der Waals surface area contributed by atoms with Gasteiger partial charge in [-0.05, 0) is 64.3 Å². The van der Waals surface area contributed by atoms with Crippen LogP contribution in [0.2, 0.25) is 0 Å². The summed E-state index contributed by atoms with van der Waals surface area (Å²) >= 11 is 0. The number of rotatable bonds is 4. The standard InChI is InChI=1S/C30H25B/c31-30-16-8-15-26(21-30)24-13-7-14-25(17-24)29-19-27(22-9-3-1-4-10-22)18-28(20-29)23-11-5-2-6-12-23/h1-5,7-11,13-16,18-21,25H,6,12,17H2. The van der Waals surface area contributed by atoms with Crippen molar-refractivity contribution >= 4 is 24.5 Å². The van der Waals surface area contributed by atoms with Gasteiger partial charge in [-0.1, -0.05) is 109 Å². The van der Waals surface area contributed by atoms with E-state index in [2.05, 4.69) is 97.1 Å². The van der Waals surface area contributed by atoms with E-state index >= 15 is 0 Å². The van der Waals surface area contributed by atoms with Gasteiger partial charge in [0, 0.05) is 5.92 Å². The van der Waals surface area contributed by atoms with Crippen LogP contribution in [0.15, 0.2) is 109 Å². The molecule has 3 aromatic carbocycles. The normalized spacial score (nSPS) is 17.9. The van der Waals surface area contributed by atoms with E-state index < -0.39 is 0 Å². The third-order valence-electron chi connectivity index (χ3n) is 6.21. The van der Waals surface area contributed by atoms with Crippen LogP contribution in [-0.2, 0) is 0 Å². The van der Waals surface area contributed by atoms with Gasteiger partial charge in [0.2, 0.25) is 0 Å². The molecule has 0 heterocycles. The Hall–Kier alpha value is -3.32. The second kappa shape index (κ2) is 8.82. The fourth-order valence-electron chi connectivity index (χ4n) is 4.55. The molecule has 0 spiro atoms. The van der Waals surface area contributed by atoms with Crippen molar-refractivity contribution in [2.75, 3.05) is 0 Å². The minimum absolute atomic E-state index is 0.351. The zero-order valence-corrected chi connectivity index (χ0v) is 17.7. The lowest BCUT2D eigenvalue weighted by Crippen LogP contribution is -2.06. The summed E-state index contributed by atoms with van der Waals surface area (Å²) in [6, 6.07) is 26.1. The molecule has 0 N–H and O–H groups in total. The lowest BCUT2D eigenvalue weighted by atomic mass is 9.82. The summed E-state index contributed by atoms with van der Waals surface area (Å²) in [6.07, 6.45) is 16.7. The maximum absolute atomic E-state index is 6.04. The minimum atomic E-state index is 0.351. The summed E-state index contributed by atoms with van der Waals surface area (Å²) < 4.78 is 0. The van der Waals surface area contributed by atoms with Gasteiger partial charge in [0.15, 0.2) is 0 Å². The summed E-state index contributed by atoms with van der Waals surface area (Å²) in [6.45, 7) is 0. The summed E-state index contributed by atoms with van der Waals surface area (Å²) in [7, 11) is 6.04. The first-order valence-electron chi connectivity index (χ1n) is 11.1. The van der Waals surface area contributed by atoms with Crippen LogP contribution in [0.25, 0.3) is 22.3 Å². The second-order valence-electron chi connectivity index (χ2n) is 8.38. The highest BCUT2D eigenvalue weighted by molar-refractivity contribution is 6.32. The van der Waals surface area contributed by atoms with Crippen LogP contribution in [0.1, 0.15) is 41.9 Å². The Bertz CT molecular complexity index is 1210. The second-order valence-corrected chi connectivity index (χ2v) is 8.38. The number of hydrogen-bond acceptors (Lipinski definition) is 0. The van der Waals surface area contributed by atoms with Gasteiger partial charge < -0.3 is 0 Å². The third-order valence-corrected chi connectivity index (χ3v) is 6.21. The lowest BCUT2D eigenvalue weighted by Gasteiger charge is -2.22. The summed E-state index contributed by atoms with van der Waals surface area (Å²) in [5.41, 5.74) is 10.1. The summed E-state index contributed by atoms with van der Waals surface area (Å²) in [5, 5.41) is 0. The highest BCUT2D eigenvalue weighted by Gasteiger charge is 2.18. The van der Waals surface area contributed by atoms with Gasteiger partial charge >= 0.3 is 0 Å². The Morgan fingerprint density at radius 3 is 2.29 bits per heavy atom. The molecule has 5 rings (SSSR count). The topological polar surface area (TPSA) is 0 Å². The number of benzene rings is 3. The minimum Gasteiger partial charge on any atom is -0.0961 e. The van der Waals surface area contributed by atoms with E-state index in [0.29, 0.717) is 5.92 Å². The molecule has 1 atom stereocenters. The fourth-order valence-corrected chi connectivity index (χ4v) is 4.55. The SMILES string of the molecule is [B]c1cccc(C2=CC=CC(c3cc(C4=CC=CCC4)cc(-c4ccccc4)c3)C2)c1. The van der Waals surface area contributed by atoms with Crippen molar-refractivity contribution in [1.82, 2.24) is 0 Å². The largest absolute Gasteiger partial charge is 0.113 e. The molecule has 148 valence electrons. The molecule has 3 aromatic rings. The molecule has 0 saturated carbocycles. The van der Waals surface area contributed by atoms with Crippen LogP contribution >= 0.6 is 0 Å². The zero-order valence-electron chi connectivity index (χ0n) is 17.7. The summed E-state index contributed by atoms with van der Waals surface area (Å²) in [5.74, 6) is 0.351. The summed E-state index contributed by atoms with van der Waals surface area (Å²) in [4.78, 5) is 0. The Morgan fingerprint density at radius 1 is 0.677 bits per heavy atom. The molecule has 2 aliphatic rings. The van der Waals surface area contributed by atoms with E-state index in [0.717, 1.165) is 24.7 Å². The first-order valence-corrected chi connectivity index (χ1v) is 11.1. The Morgan fingerprint density at radius 2 is 1.48 bits per heavy atom. The molecule has 0 bridgehead atoms. The molecule has 2 aliphatic carbocycles. The van der Waals surface area contributed by atoms with Gasteiger partial charge in [-0.25, -0.2) is 0 Å². The van der Waals surface area contributed by atoms with Gasteiger partial charge in [-0.3, -0.25) is 0 Å². The molecule has 31 heavy (non-hydrogen) atoms. The van der Waals surface area contributed by atoms with E-state index in [1.54, 1.807) is 0 Å². The van der Waals surface area contributed by atoms with Crippen LogP contribution < -0.4 is 5.46 Å². The first kappa shape index (κ1) is 19.6. The van der Waals surface area contributed by atoms with E-state index in [1.165, 1.54) is 39.0 Å². The maximum Gasteiger partial charge on any atom is 0.113 e. The zero-order chi connectivity index (χ0) is 21.0. The van der Waals surface area contributed by atoms with Gasteiger partial charge in [0.25, 0.3) is 0 Å². The molecule has 0 nitrogen and oxygen atoms in total. The fraction of sp³-hybridized carbons (Fsp3) is 0.133. The van der Waals surface area contributed by atoms with Crippen LogP contribution in [-0.4, -0.2) is 7.85 Å². The molecule has 1 heteroatoms.